The average Bonchev–Trinajstić information content (AvgIpc) is 2.90. The zero-order valence-electron chi connectivity index (χ0n) is 10.4. The van der Waals surface area contributed by atoms with Crippen molar-refractivity contribution in [1.29, 1.82) is 0 Å². The van der Waals surface area contributed by atoms with E-state index >= 15 is 0 Å². The molecule has 1 unspecified atom stereocenters. The first-order chi connectivity index (χ1) is 7.84. The van der Waals surface area contributed by atoms with Crippen LogP contribution >= 0.6 is 12.4 Å². The summed E-state index contributed by atoms with van der Waals surface area (Å²) in [4.78, 5) is 14.7. The molecule has 1 saturated heterocycles. The highest BCUT2D eigenvalue weighted by molar-refractivity contribution is 6.00. The van der Waals surface area contributed by atoms with E-state index in [2.05, 4.69) is 4.90 Å². The standard InChI is InChI=1S/C14H21NO.ClH/c16-14-12(10-15-7-3-4-8-15)9-11-5-1-2-6-13(11)14;/h12H,1-10H2;1H. The van der Waals surface area contributed by atoms with Crippen molar-refractivity contribution in [3.63, 3.8) is 0 Å². The maximum Gasteiger partial charge on any atom is 0.163 e. The third-order valence-corrected chi connectivity index (χ3v) is 4.42. The van der Waals surface area contributed by atoms with Crippen LogP contribution in [0.2, 0.25) is 0 Å². The fourth-order valence-corrected chi connectivity index (χ4v) is 3.55. The van der Waals surface area contributed by atoms with Gasteiger partial charge in [0.1, 0.15) is 0 Å². The molecule has 0 bridgehead atoms. The van der Waals surface area contributed by atoms with Gasteiger partial charge in [-0.05, 0) is 63.6 Å². The van der Waals surface area contributed by atoms with Crippen molar-refractivity contribution < 1.29 is 4.79 Å². The number of allylic oxidation sites excluding steroid dienone is 2. The van der Waals surface area contributed by atoms with Crippen LogP contribution in [0.4, 0.5) is 0 Å². The molecule has 1 atom stereocenters. The van der Waals surface area contributed by atoms with Crippen LogP contribution < -0.4 is 0 Å². The van der Waals surface area contributed by atoms with Crippen LogP contribution in [-0.4, -0.2) is 30.3 Å². The largest absolute Gasteiger partial charge is 0.303 e. The Morgan fingerprint density at radius 3 is 2.47 bits per heavy atom. The van der Waals surface area contributed by atoms with E-state index in [1.165, 1.54) is 56.3 Å². The second-order valence-electron chi connectivity index (χ2n) is 5.56. The number of likely N-dealkylation sites (tertiary alicyclic amines) is 1. The van der Waals surface area contributed by atoms with Crippen molar-refractivity contribution in [3.8, 4) is 0 Å². The topological polar surface area (TPSA) is 20.3 Å². The van der Waals surface area contributed by atoms with Crippen LogP contribution in [0.5, 0.6) is 0 Å². The molecular formula is C14H22ClNO. The zero-order chi connectivity index (χ0) is 11.0. The number of carbonyl (C=O) groups excluding carboxylic acids is 1. The predicted molar refractivity (Wildman–Crippen MR) is 71.5 cm³/mol. The number of nitrogens with zero attached hydrogens (tertiary/aromatic N) is 1. The Morgan fingerprint density at radius 1 is 1.06 bits per heavy atom. The minimum Gasteiger partial charge on any atom is -0.303 e. The molecule has 2 nitrogen and oxygen atoms in total. The summed E-state index contributed by atoms with van der Waals surface area (Å²) in [5.74, 6) is 0.822. The van der Waals surface area contributed by atoms with Gasteiger partial charge in [0, 0.05) is 12.5 Å². The van der Waals surface area contributed by atoms with E-state index in [0.717, 1.165) is 19.4 Å². The summed E-state index contributed by atoms with van der Waals surface area (Å²) in [6, 6.07) is 0. The SMILES string of the molecule is Cl.O=C1C2=C(CCCC2)CC1CN1CCCC1. The van der Waals surface area contributed by atoms with E-state index in [1.807, 2.05) is 0 Å². The molecule has 0 radical (unpaired) electrons. The van der Waals surface area contributed by atoms with Gasteiger partial charge >= 0.3 is 0 Å². The van der Waals surface area contributed by atoms with Crippen LogP contribution in [0.3, 0.4) is 0 Å². The lowest BCUT2D eigenvalue weighted by Crippen LogP contribution is -2.29. The minimum absolute atomic E-state index is 0. The normalized spacial score (nSPS) is 29.4. The van der Waals surface area contributed by atoms with Crippen molar-refractivity contribution in [1.82, 2.24) is 4.90 Å². The first kappa shape index (κ1) is 13.1. The molecule has 1 heterocycles. The highest BCUT2D eigenvalue weighted by Crippen LogP contribution is 2.38. The van der Waals surface area contributed by atoms with E-state index < -0.39 is 0 Å². The molecular weight excluding hydrogens is 234 g/mol. The van der Waals surface area contributed by atoms with Crippen molar-refractivity contribution in [2.45, 2.75) is 44.9 Å². The number of halogens is 1. The molecule has 0 aromatic carbocycles. The molecule has 1 fully saturated rings. The van der Waals surface area contributed by atoms with E-state index in [4.69, 9.17) is 0 Å². The van der Waals surface area contributed by atoms with Gasteiger partial charge < -0.3 is 4.90 Å². The Labute approximate surface area is 110 Å². The third-order valence-electron chi connectivity index (χ3n) is 4.42. The summed E-state index contributed by atoms with van der Waals surface area (Å²) < 4.78 is 0. The Hall–Kier alpha value is -0.340. The molecule has 0 saturated carbocycles. The second-order valence-corrected chi connectivity index (χ2v) is 5.56. The molecule has 96 valence electrons. The molecule has 3 aliphatic rings. The van der Waals surface area contributed by atoms with Crippen LogP contribution in [-0.2, 0) is 4.79 Å². The summed E-state index contributed by atoms with van der Waals surface area (Å²) in [5.41, 5.74) is 2.75. The molecule has 0 aromatic heterocycles. The molecule has 0 amide bonds. The first-order valence-corrected chi connectivity index (χ1v) is 6.82. The Morgan fingerprint density at radius 2 is 1.76 bits per heavy atom. The molecule has 2 aliphatic carbocycles. The lowest BCUT2D eigenvalue weighted by atomic mass is 9.94. The summed E-state index contributed by atoms with van der Waals surface area (Å²) in [7, 11) is 0. The summed E-state index contributed by atoms with van der Waals surface area (Å²) in [6.45, 7) is 3.47. The molecule has 3 rings (SSSR count). The third kappa shape index (κ3) is 2.58. The summed E-state index contributed by atoms with van der Waals surface area (Å²) in [6.07, 6.45) is 8.57. The number of hydrogen-bond donors (Lipinski definition) is 0. The minimum atomic E-state index is 0. The van der Waals surface area contributed by atoms with Crippen LogP contribution in [0.15, 0.2) is 11.1 Å². The van der Waals surface area contributed by atoms with E-state index in [1.54, 1.807) is 0 Å². The van der Waals surface area contributed by atoms with Gasteiger partial charge in [-0.25, -0.2) is 0 Å². The van der Waals surface area contributed by atoms with Crippen LogP contribution in [0, 0.1) is 5.92 Å². The molecule has 0 spiro atoms. The molecule has 0 aromatic rings. The van der Waals surface area contributed by atoms with Gasteiger partial charge in [-0.2, -0.15) is 0 Å². The summed E-state index contributed by atoms with van der Waals surface area (Å²) in [5, 5.41) is 0. The Bertz CT molecular complexity index is 331. The van der Waals surface area contributed by atoms with Crippen molar-refractivity contribution in [2.24, 2.45) is 5.92 Å². The monoisotopic (exact) mass is 255 g/mol. The fraction of sp³-hybridized carbons (Fsp3) is 0.786. The van der Waals surface area contributed by atoms with Crippen molar-refractivity contribution in [3.05, 3.63) is 11.1 Å². The molecule has 1 aliphatic heterocycles. The van der Waals surface area contributed by atoms with E-state index in [0.29, 0.717) is 11.7 Å². The lowest BCUT2D eigenvalue weighted by Gasteiger charge is -2.18. The number of hydrogen-bond acceptors (Lipinski definition) is 2. The van der Waals surface area contributed by atoms with Crippen LogP contribution in [0.1, 0.15) is 44.9 Å². The molecule has 3 heteroatoms. The average molecular weight is 256 g/mol. The van der Waals surface area contributed by atoms with Gasteiger partial charge in [0.15, 0.2) is 5.78 Å². The number of carbonyl (C=O) groups is 1. The number of Topliss-reactive ketones (excluding diaryl/α,β-unsaturated/α-hetero) is 1. The van der Waals surface area contributed by atoms with Crippen molar-refractivity contribution >= 4 is 18.2 Å². The highest BCUT2D eigenvalue weighted by atomic mass is 35.5. The van der Waals surface area contributed by atoms with E-state index in [9.17, 15) is 4.79 Å². The quantitative estimate of drug-likeness (QED) is 0.756. The van der Waals surface area contributed by atoms with Gasteiger partial charge in [-0.3, -0.25) is 4.79 Å². The van der Waals surface area contributed by atoms with Gasteiger partial charge in [-0.15, -0.1) is 12.4 Å². The maximum absolute atomic E-state index is 12.2. The van der Waals surface area contributed by atoms with Gasteiger partial charge in [0.25, 0.3) is 0 Å². The Kier molecular flexibility index (Phi) is 4.26. The first-order valence-electron chi connectivity index (χ1n) is 6.82. The number of rotatable bonds is 2. The molecule has 0 N–H and O–H groups in total. The van der Waals surface area contributed by atoms with Crippen molar-refractivity contribution in [2.75, 3.05) is 19.6 Å². The summed E-state index contributed by atoms with van der Waals surface area (Å²) >= 11 is 0. The fourth-order valence-electron chi connectivity index (χ4n) is 3.55. The lowest BCUT2D eigenvalue weighted by molar-refractivity contribution is -0.118. The van der Waals surface area contributed by atoms with E-state index in [-0.39, 0.29) is 12.4 Å². The Balaban J connectivity index is 0.00000108. The zero-order valence-corrected chi connectivity index (χ0v) is 11.2. The van der Waals surface area contributed by atoms with Gasteiger partial charge in [0.2, 0.25) is 0 Å². The van der Waals surface area contributed by atoms with Gasteiger partial charge in [-0.1, -0.05) is 5.57 Å². The predicted octanol–water partition coefficient (Wildman–Crippen LogP) is 2.96. The maximum atomic E-state index is 12.2. The van der Waals surface area contributed by atoms with Crippen LogP contribution in [0.25, 0.3) is 0 Å². The number of ketones is 1. The molecule has 17 heavy (non-hydrogen) atoms. The second kappa shape index (κ2) is 5.53. The highest BCUT2D eigenvalue weighted by Gasteiger charge is 2.34. The smallest absolute Gasteiger partial charge is 0.163 e. The van der Waals surface area contributed by atoms with Gasteiger partial charge in [0.05, 0.1) is 0 Å².